The minimum absolute atomic E-state index is 0.0584. The van der Waals surface area contributed by atoms with Gasteiger partial charge in [0.25, 0.3) is 0 Å². The fourth-order valence-electron chi connectivity index (χ4n) is 1.36. The topological polar surface area (TPSA) is 69.7 Å². The lowest BCUT2D eigenvalue weighted by atomic mass is 9.94. The quantitative estimate of drug-likeness (QED) is 0.741. The highest BCUT2D eigenvalue weighted by atomic mass is 16.6. The summed E-state index contributed by atoms with van der Waals surface area (Å²) in [5, 5.41) is 0. The molecule has 5 heteroatoms. The van der Waals surface area contributed by atoms with Crippen LogP contribution in [0.1, 0.15) is 38.7 Å². The first-order valence-corrected chi connectivity index (χ1v) is 5.71. The van der Waals surface area contributed by atoms with Crippen molar-refractivity contribution < 1.29 is 18.4 Å². The van der Waals surface area contributed by atoms with E-state index < -0.39 is 5.82 Å². The van der Waals surface area contributed by atoms with E-state index in [9.17, 15) is 9.59 Å². The van der Waals surface area contributed by atoms with E-state index in [1.807, 2.05) is 20.8 Å². The minimum Gasteiger partial charge on any atom is -0.457 e. The first-order valence-electron chi connectivity index (χ1n) is 5.71. The van der Waals surface area contributed by atoms with Crippen LogP contribution in [-0.2, 0) is 16.1 Å². The average Bonchev–Trinajstić information content (AvgIpc) is 2.62. The molecule has 0 saturated heterocycles. The second-order valence-electron chi connectivity index (χ2n) is 4.22. The van der Waals surface area contributed by atoms with Crippen molar-refractivity contribution in [3.8, 4) is 0 Å². The van der Waals surface area contributed by atoms with Gasteiger partial charge >= 0.3 is 11.8 Å². The van der Waals surface area contributed by atoms with Gasteiger partial charge in [0.2, 0.25) is 0 Å². The number of carbonyl (C=O) groups excluding carboxylic acids is 1. The highest BCUT2D eigenvalue weighted by Crippen LogP contribution is 2.17. The first-order chi connectivity index (χ1) is 7.95. The molecular weight excluding hydrogens is 224 g/mol. The summed E-state index contributed by atoms with van der Waals surface area (Å²) in [4.78, 5) is 22.4. The Morgan fingerprint density at radius 1 is 1.35 bits per heavy atom. The molecule has 0 radical (unpaired) electrons. The molecule has 0 spiro atoms. The molecule has 17 heavy (non-hydrogen) atoms. The van der Waals surface area contributed by atoms with Crippen LogP contribution >= 0.6 is 0 Å². The van der Waals surface area contributed by atoms with Gasteiger partial charge in [0.1, 0.15) is 0 Å². The molecule has 5 nitrogen and oxygen atoms in total. The van der Waals surface area contributed by atoms with Gasteiger partial charge in [0, 0.05) is 0 Å². The van der Waals surface area contributed by atoms with Gasteiger partial charge in [-0.1, -0.05) is 27.2 Å². The summed E-state index contributed by atoms with van der Waals surface area (Å²) in [6.07, 6.45) is 0.913. The lowest BCUT2D eigenvalue weighted by Crippen LogP contribution is -2.21. The van der Waals surface area contributed by atoms with E-state index in [2.05, 4.69) is 4.42 Å². The highest BCUT2D eigenvalue weighted by molar-refractivity contribution is 5.72. The van der Waals surface area contributed by atoms with Gasteiger partial charge < -0.3 is 13.6 Å². The van der Waals surface area contributed by atoms with Gasteiger partial charge in [0.05, 0.1) is 5.92 Å². The average molecular weight is 242 g/mol. The van der Waals surface area contributed by atoms with Crippen molar-refractivity contribution in [2.45, 2.75) is 40.7 Å². The molecule has 0 N–H and O–H groups in total. The molecule has 0 amide bonds. The summed E-state index contributed by atoms with van der Waals surface area (Å²) in [5.41, 5.74) is 0. The third-order valence-corrected chi connectivity index (χ3v) is 3.05. The third kappa shape index (κ3) is 3.47. The van der Waals surface area contributed by atoms with Crippen LogP contribution in [0.25, 0.3) is 0 Å². The molecule has 0 aromatic carbocycles. The van der Waals surface area contributed by atoms with Gasteiger partial charge in [-0.2, -0.15) is 0 Å². The number of ether oxygens (including phenoxy) is 1. The largest absolute Gasteiger partial charge is 0.519 e. The molecule has 1 heterocycles. The van der Waals surface area contributed by atoms with Crippen LogP contribution in [0.2, 0.25) is 0 Å². The van der Waals surface area contributed by atoms with Gasteiger partial charge in [-0.05, 0) is 12.8 Å². The molecule has 2 atom stereocenters. The van der Waals surface area contributed by atoms with Crippen molar-refractivity contribution in [3.63, 3.8) is 0 Å². The second kappa shape index (κ2) is 5.70. The molecule has 0 aliphatic heterocycles. The maximum atomic E-state index is 11.7. The molecule has 0 fully saturated rings. The summed E-state index contributed by atoms with van der Waals surface area (Å²) in [5.74, 6) is -0.358. The zero-order valence-corrected chi connectivity index (χ0v) is 10.6. The van der Waals surface area contributed by atoms with E-state index >= 15 is 0 Å². The Hall–Kier alpha value is -1.52. The Morgan fingerprint density at radius 3 is 2.47 bits per heavy atom. The molecule has 96 valence electrons. The van der Waals surface area contributed by atoms with Crippen LogP contribution in [0.4, 0.5) is 0 Å². The molecular formula is C12H18O5. The van der Waals surface area contributed by atoms with Crippen molar-refractivity contribution in [1.82, 2.24) is 0 Å². The normalized spacial score (nSPS) is 14.4. The molecule has 1 aromatic rings. The number of esters is 1. The van der Waals surface area contributed by atoms with E-state index in [4.69, 9.17) is 9.15 Å². The smallest absolute Gasteiger partial charge is 0.457 e. The number of carbonyl (C=O) groups is 1. The summed E-state index contributed by atoms with van der Waals surface area (Å²) in [7, 11) is 0. The maximum absolute atomic E-state index is 11.7. The molecule has 1 rings (SSSR count). The van der Waals surface area contributed by atoms with Crippen LogP contribution in [0.15, 0.2) is 13.6 Å². The minimum atomic E-state index is -0.775. The van der Waals surface area contributed by atoms with E-state index in [-0.39, 0.29) is 30.2 Å². The van der Waals surface area contributed by atoms with Crippen molar-refractivity contribution in [2.24, 2.45) is 11.8 Å². The second-order valence-corrected chi connectivity index (χ2v) is 4.22. The highest BCUT2D eigenvalue weighted by Gasteiger charge is 2.21. The molecule has 0 bridgehead atoms. The van der Waals surface area contributed by atoms with Crippen molar-refractivity contribution in [1.29, 1.82) is 0 Å². The van der Waals surface area contributed by atoms with Crippen LogP contribution in [-0.4, -0.2) is 5.97 Å². The summed E-state index contributed by atoms with van der Waals surface area (Å²) < 4.78 is 14.5. The Bertz CT molecular complexity index is 428. The summed E-state index contributed by atoms with van der Waals surface area (Å²) in [6.45, 7) is 7.38. The Kier molecular flexibility index (Phi) is 4.54. The first kappa shape index (κ1) is 13.5. The van der Waals surface area contributed by atoms with Gasteiger partial charge in [-0.3, -0.25) is 4.79 Å². The van der Waals surface area contributed by atoms with Crippen molar-refractivity contribution >= 4 is 5.97 Å². The van der Waals surface area contributed by atoms with Crippen LogP contribution < -0.4 is 5.82 Å². The van der Waals surface area contributed by atoms with Gasteiger partial charge in [0.15, 0.2) is 18.1 Å². The van der Waals surface area contributed by atoms with E-state index in [0.29, 0.717) is 5.76 Å². The zero-order chi connectivity index (χ0) is 13.0. The van der Waals surface area contributed by atoms with Crippen LogP contribution in [0.3, 0.4) is 0 Å². The fourth-order valence-corrected chi connectivity index (χ4v) is 1.36. The fraction of sp³-hybridized carbons (Fsp3) is 0.667. The Morgan fingerprint density at radius 2 is 2.00 bits per heavy atom. The summed E-state index contributed by atoms with van der Waals surface area (Å²) >= 11 is 0. The van der Waals surface area contributed by atoms with E-state index in [1.54, 1.807) is 6.92 Å². The van der Waals surface area contributed by atoms with Gasteiger partial charge in [-0.25, -0.2) is 4.79 Å². The molecule has 0 aliphatic carbocycles. The summed E-state index contributed by atoms with van der Waals surface area (Å²) in [6, 6.07) is 0. The van der Waals surface area contributed by atoms with Crippen molar-refractivity contribution in [2.75, 3.05) is 0 Å². The maximum Gasteiger partial charge on any atom is 0.519 e. The molecule has 1 aromatic heterocycles. The number of aryl methyl sites for hydroxylation is 1. The SMILES string of the molecule is CCC(C)C(C)C(=O)OCc1oc(=O)oc1C. The lowest BCUT2D eigenvalue weighted by molar-refractivity contribution is -0.151. The Balaban J connectivity index is 2.54. The third-order valence-electron chi connectivity index (χ3n) is 3.05. The molecule has 0 aliphatic rings. The molecule has 2 unspecified atom stereocenters. The number of hydrogen-bond acceptors (Lipinski definition) is 5. The monoisotopic (exact) mass is 242 g/mol. The lowest BCUT2D eigenvalue weighted by Gasteiger charge is -2.16. The molecule has 0 saturated carbocycles. The predicted octanol–water partition coefficient (Wildman–Crippen LogP) is 2.27. The van der Waals surface area contributed by atoms with Crippen LogP contribution in [0.5, 0.6) is 0 Å². The van der Waals surface area contributed by atoms with Crippen molar-refractivity contribution in [3.05, 3.63) is 22.1 Å². The van der Waals surface area contributed by atoms with E-state index in [0.717, 1.165) is 6.42 Å². The number of hydrogen-bond donors (Lipinski definition) is 0. The van der Waals surface area contributed by atoms with Gasteiger partial charge in [-0.15, -0.1) is 0 Å². The Labute approximate surface area is 99.8 Å². The number of rotatable bonds is 5. The zero-order valence-electron chi connectivity index (χ0n) is 10.6. The standard InChI is InChI=1S/C12H18O5/c1-5-7(2)8(3)11(13)15-6-10-9(4)16-12(14)17-10/h7-8H,5-6H2,1-4H3. The van der Waals surface area contributed by atoms with Crippen LogP contribution in [0, 0.1) is 18.8 Å². The van der Waals surface area contributed by atoms with E-state index in [1.165, 1.54) is 0 Å². The predicted molar refractivity (Wildman–Crippen MR) is 60.4 cm³/mol.